The predicted octanol–water partition coefficient (Wildman–Crippen LogP) is 5.63. The largest absolute Gasteiger partial charge is 0.497 e. The van der Waals surface area contributed by atoms with E-state index in [1.807, 2.05) is 47.0 Å². The van der Waals surface area contributed by atoms with Crippen molar-refractivity contribution in [2.45, 2.75) is 11.4 Å². The fourth-order valence-corrected chi connectivity index (χ4v) is 4.58. The zero-order chi connectivity index (χ0) is 23.5. The van der Waals surface area contributed by atoms with E-state index >= 15 is 0 Å². The minimum atomic E-state index is 0.425. The highest BCUT2D eigenvalue weighted by Crippen LogP contribution is 2.31. The van der Waals surface area contributed by atoms with Gasteiger partial charge in [-0.2, -0.15) is 0 Å². The molecule has 3 N–H and O–H groups in total. The molecule has 0 bridgehead atoms. The van der Waals surface area contributed by atoms with E-state index in [4.69, 9.17) is 15.5 Å². The van der Waals surface area contributed by atoms with Gasteiger partial charge in [0.25, 0.3) is 0 Å². The van der Waals surface area contributed by atoms with E-state index in [-0.39, 0.29) is 0 Å². The van der Waals surface area contributed by atoms with E-state index in [0.717, 1.165) is 49.6 Å². The third kappa shape index (κ3) is 4.63. The van der Waals surface area contributed by atoms with Crippen LogP contribution in [0.5, 0.6) is 5.75 Å². The van der Waals surface area contributed by atoms with Crippen molar-refractivity contribution < 1.29 is 4.74 Å². The lowest BCUT2D eigenvalue weighted by molar-refractivity contribution is 0.414. The molecule has 34 heavy (non-hydrogen) atoms. The summed E-state index contributed by atoms with van der Waals surface area (Å²) in [6.07, 6.45) is 3.44. The molecule has 3 aromatic heterocycles. The van der Waals surface area contributed by atoms with Crippen molar-refractivity contribution in [3.8, 4) is 22.8 Å². The second-order valence-electron chi connectivity index (χ2n) is 7.47. The Bertz CT molecular complexity index is 1440. The normalized spacial score (nSPS) is 11.1. The number of benzene rings is 2. The number of halogens is 1. The Morgan fingerprint density at radius 3 is 2.59 bits per heavy atom. The molecule has 0 aliphatic rings. The lowest BCUT2D eigenvalue weighted by atomic mass is 10.2. The Morgan fingerprint density at radius 2 is 1.85 bits per heavy atom. The van der Waals surface area contributed by atoms with Gasteiger partial charge < -0.3 is 10.5 Å². The van der Waals surface area contributed by atoms with Crippen molar-refractivity contribution in [1.29, 1.82) is 0 Å². The number of fused-ring (bicyclic) bond motifs is 1. The average Bonchev–Trinajstić information content (AvgIpc) is 3.23. The first-order valence-corrected chi connectivity index (χ1v) is 12.1. The molecule has 0 atom stereocenters. The third-order valence-corrected chi connectivity index (χ3v) is 6.49. The Balaban J connectivity index is 1.41. The van der Waals surface area contributed by atoms with Gasteiger partial charge in [-0.3, -0.25) is 9.29 Å². The number of anilines is 1. The van der Waals surface area contributed by atoms with Crippen LogP contribution in [-0.4, -0.2) is 26.6 Å². The van der Waals surface area contributed by atoms with Crippen LogP contribution in [0.25, 0.3) is 28.2 Å². The second kappa shape index (κ2) is 9.84. The number of nitrogens with two attached hydrogens (primary N) is 1. The molecule has 5 aromatic rings. The summed E-state index contributed by atoms with van der Waals surface area (Å²) in [5.41, 5.74) is 10.6. The topological polar surface area (TPSA) is 90.9 Å². The van der Waals surface area contributed by atoms with Crippen LogP contribution in [0.15, 0.2) is 88.5 Å². The van der Waals surface area contributed by atoms with Gasteiger partial charge in [-0.15, -0.1) is 0 Å². The quantitative estimate of drug-likeness (QED) is 0.262. The predicted molar refractivity (Wildman–Crippen MR) is 140 cm³/mol. The molecule has 0 saturated heterocycles. The summed E-state index contributed by atoms with van der Waals surface area (Å²) in [6.45, 7) is 0.718. The molecule has 0 amide bonds. The SMILES string of the molecule is COc1ccc(SNCc2ccc(-n3c(-c4cccnc4N)nc4cc(Br)cnc43)cc2)cc1. The summed E-state index contributed by atoms with van der Waals surface area (Å²) < 4.78 is 11.5. The number of nitrogens with one attached hydrogen (secondary N) is 1. The molecule has 5 rings (SSSR count). The molecular formula is C25H21BrN6OS. The zero-order valence-electron chi connectivity index (χ0n) is 18.3. The van der Waals surface area contributed by atoms with Crippen LogP contribution >= 0.6 is 27.9 Å². The number of rotatable bonds is 7. The lowest BCUT2D eigenvalue weighted by Gasteiger charge is -2.11. The molecule has 0 saturated carbocycles. The van der Waals surface area contributed by atoms with E-state index in [2.05, 4.69) is 54.9 Å². The van der Waals surface area contributed by atoms with Gasteiger partial charge in [0.1, 0.15) is 17.1 Å². The molecule has 3 heterocycles. The summed E-state index contributed by atoms with van der Waals surface area (Å²) >= 11 is 5.07. The highest BCUT2D eigenvalue weighted by molar-refractivity contribution is 9.10. The molecule has 2 aromatic carbocycles. The van der Waals surface area contributed by atoms with E-state index in [1.165, 1.54) is 0 Å². The van der Waals surface area contributed by atoms with Crippen LogP contribution in [-0.2, 0) is 6.54 Å². The van der Waals surface area contributed by atoms with Crippen LogP contribution in [0.1, 0.15) is 5.56 Å². The number of pyridine rings is 2. The molecule has 0 fully saturated rings. The standard InChI is InChI=1S/C25H21BrN6OS/c1-33-19-8-10-20(11-9-19)34-30-14-16-4-6-18(7-5-16)32-24(21-3-2-12-28-23(21)27)31-22-13-17(26)15-29-25(22)32/h2-13,15,30H,14H2,1H3,(H2,27,28). The number of methoxy groups -OCH3 is 1. The minimum Gasteiger partial charge on any atom is -0.497 e. The molecule has 170 valence electrons. The molecule has 0 unspecified atom stereocenters. The first-order valence-electron chi connectivity index (χ1n) is 10.5. The number of aromatic nitrogens is 4. The Morgan fingerprint density at radius 1 is 1.06 bits per heavy atom. The number of nitrogen functional groups attached to an aromatic ring is 1. The van der Waals surface area contributed by atoms with E-state index in [0.29, 0.717) is 11.6 Å². The van der Waals surface area contributed by atoms with Gasteiger partial charge in [-0.25, -0.2) is 15.0 Å². The smallest absolute Gasteiger partial charge is 0.165 e. The summed E-state index contributed by atoms with van der Waals surface area (Å²) in [7, 11) is 1.67. The molecule has 0 spiro atoms. The lowest BCUT2D eigenvalue weighted by Crippen LogP contribution is -2.04. The van der Waals surface area contributed by atoms with Crippen molar-refractivity contribution in [2.24, 2.45) is 0 Å². The number of imidazole rings is 1. The van der Waals surface area contributed by atoms with Crippen molar-refractivity contribution in [1.82, 2.24) is 24.2 Å². The highest BCUT2D eigenvalue weighted by Gasteiger charge is 2.18. The van der Waals surface area contributed by atoms with Crippen molar-refractivity contribution in [3.63, 3.8) is 0 Å². The second-order valence-corrected chi connectivity index (χ2v) is 9.35. The number of hydrogen-bond donors (Lipinski definition) is 2. The van der Waals surface area contributed by atoms with Crippen molar-refractivity contribution >= 4 is 44.9 Å². The van der Waals surface area contributed by atoms with Gasteiger partial charge >= 0.3 is 0 Å². The Hall–Kier alpha value is -3.40. The molecule has 0 radical (unpaired) electrons. The van der Waals surface area contributed by atoms with Gasteiger partial charge in [0.15, 0.2) is 11.5 Å². The molecular weight excluding hydrogens is 512 g/mol. The van der Waals surface area contributed by atoms with E-state index < -0.39 is 0 Å². The maximum Gasteiger partial charge on any atom is 0.165 e. The Kier molecular flexibility index (Phi) is 6.48. The van der Waals surface area contributed by atoms with Crippen LogP contribution in [0.2, 0.25) is 0 Å². The maximum absolute atomic E-state index is 6.18. The maximum atomic E-state index is 6.18. The van der Waals surface area contributed by atoms with Crippen LogP contribution in [0.4, 0.5) is 5.82 Å². The fraction of sp³-hybridized carbons (Fsp3) is 0.0800. The van der Waals surface area contributed by atoms with Gasteiger partial charge in [0.05, 0.1) is 12.7 Å². The summed E-state index contributed by atoms with van der Waals surface area (Å²) in [5, 5.41) is 0. The van der Waals surface area contributed by atoms with Crippen molar-refractivity contribution in [2.75, 3.05) is 12.8 Å². The molecule has 0 aliphatic carbocycles. The number of nitrogens with zero attached hydrogens (tertiary/aromatic N) is 4. The van der Waals surface area contributed by atoms with Gasteiger partial charge in [0, 0.05) is 34.0 Å². The summed E-state index contributed by atoms with van der Waals surface area (Å²) in [4.78, 5) is 14.8. The monoisotopic (exact) mass is 532 g/mol. The first kappa shape index (κ1) is 22.4. The van der Waals surface area contributed by atoms with Crippen LogP contribution in [0, 0.1) is 0 Å². The third-order valence-electron chi connectivity index (χ3n) is 5.26. The zero-order valence-corrected chi connectivity index (χ0v) is 20.7. The van der Waals surface area contributed by atoms with Gasteiger partial charge in [-0.05, 0) is 88.0 Å². The first-order chi connectivity index (χ1) is 16.6. The number of hydrogen-bond acceptors (Lipinski definition) is 7. The van der Waals surface area contributed by atoms with Gasteiger partial charge in [-0.1, -0.05) is 12.1 Å². The van der Waals surface area contributed by atoms with Crippen molar-refractivity contribution in [3.05, 3.63) is 89.2 Å². The summed E-state index contributed by atoms with van der Waals surface area (Å²) in [6, 6.07) is 22.0. The molecule has 7 nitrogen and oxygen atoms in total. The number of ether oxygens (including phenoxy) is 1. The minimum absolute atomic E-state index is 0.425. The van der Waals surface area contributed by atoms with E-state index in [1.54, 1.807) is 31.5 Å². The molecule has 9 heteroatoms. The molecule has 0 aliphatic heterocycles. The van der Waals surface area contributed by atoms with Crippen LogP contribution < -0.4 is 15.2 Å². The Labute approximate surface area is 209 Å². The van der Waals surface area contributed by atoms with E-state index in [9.17, 15) is 0 Å². The fourth-order valence-electron chi connectivity index (χ4n) is 3.58. The highest BCUT2D eigenvalue weighted by atomic mass is 79.9. The van der Waals surface area contributed by atoms with Gasteiger partial charge in [0.2, 0.25) is 0 Å². The summed E-state index contributed by atoms with van der Waals surface area (Å²) in [5.74, 6) is 1.97. The van der Waals surface area contributed by atoms with Crippen LogP contribution in [0.3, 0.4) is 0 Å². The average molecular weight is 533 g/mol.